The van der Waals surface area contributed by atoms with Gasteiger partial charge in [-0.1, -0.05) is 31.2 Å². The summed E-state index contributed by atoms with van der Waals surface area (Å²) >= 11 is 3.02. The zero-order chi connectivity index (χ0) is 24.5. The number of thiazole rings is 2. The summed E-state index contributed by atoms with van der Waals surface area (Å²) in [6.45, 7) is 1.97. The third kappa shape index (κ3) is 5.07. The first-order valence-electron chi connectivity index (χ1n) is 11.2. The van der Waals surface area contributed by atoms with Crippen molar-refractivity contribution in [2.45, 2.75) is 38.0 Å². The fourth-order valence-corrected chi connectivity index (χ4v) is 6.09. The van der Waals surface area contributed by atoms with Crippen LogP contribution in [0.1, 0.15) is 69.3 Å². The van der Waals surface area contributed by atoms with Gasteiger partial charge >= 0.3 is 0 Å². The van der Waals surface area contributed by atoms with Crippen LogP contribution in [0, 0.1) is 5.82 Å². The molecule has 5 rings (SSSR count). The highest BCUT2D eigenvalue weighted by atomic mass is 32.1. The summed E-state index contributed by atoms with van der Waals surface area (Å²) in [6, 6.07) is 13.1. The molecular formula is C26H22FN3O3S2. The Morgan fingerprint density at radius 2 is 1.80 bits per heavy atom. The number of Topliss-reactive ketones (excluding diaryl/α,β-unsaturated/α-hetero) is 1. The summed E-state index contributed by atoms with van der Waals surface area (Å²) in [4.78, 5) is 36.1. The standard InChI is InChI=1S/C26H22FN3O3S2/c1-14(15-2-6-18(7-3-15)24(32)30-33)12-20(31)22-23(17-4-5-17)35-26(29-22)25-28-13-21(34-25)16-8-10-19(27)11-9-16/h2-3,6-11,13-14,17,33H,4-5,12H2,1H3,(H,30,32)/t14-/m1/s1. The summed E-state index contributed by atoms with van der Waals surface area (Å²) in [5, 5.41) is 10.3. The molecule has 2 heterocycles. The van der Waals surface area contributed by atoms with Gasteiger partial charge in [-0.2, -0.15) is 0 Å². The van der Waals surface area contributed by atoms with Crippen LogP contribution < -0.4 is 5.48 Å². The normalized spacial score (nSPS) is 14.0. The number of hydrogen-bond acceptors (Lipinski definition) is 7. The van der Waals surface area contributed by atoms with E-state index in [0.717, 1.165) is 43.7 Å². The van der Waals surface area contributed by atoms with E-state index in [-0.39, 0.29) is 17.5 Å². The molecule has 1 amide bonds. The van der Waals surface area contributed by atoms with E-state index >= 15 is 0 Å². The minimum atomic E-state index is -0.575. The van der Waals surface area contributed by atoms with Gasteiger partial charge in [-0.15, -0.1) is 22.7 Å². The number of nitrogens with zero attached hydrogens (tertiary/aromatic N) is 2. The van der Waals surface area contributed by atoms with Gasteiger partial charge in [0.1, 0.15) is 11.5 Å². The van der Waals surface area contributed by atoms with Crippen molar-refractivity contribution in [1.82, 2.24) is 15.4 Å². The Morgan fingerprint density at radius 3 is 2.46 bits per heavy atom. The molecule has 0 radical (unpaired) electrons. The highest BCUT2D eigenvalue weighted by Crippen LogP contribution is 2.47. The number of ketones is 1. The van der Waals surface area contributed by atoms with E-state index < -0.39 is 5.91 Å². The molecule has 1 saturated carbocycles. The molecule has 1 aliphatic carbocycles. The molecular weight excluding hydrogens is 485 g/mol. The van der Waals surface area contributed by atoms with Crippen LogP contribution >= 0.6 is 22.7 Å². The first-order chi connectivity index (χ1) is 16.9. The maximum atomic E-state index is 13.3. The summed E-state index contributed by atoms with van der Waals surface area (Å²) in [5.41, 5.74) is 4.32. The first kappa shape index (κ1) is 23.5. The van der Waals surface area contributed by atoms with Crippen molar-refractivity contribution in [1.29, 1.82) is 0 Å². The van der Waals surface area contributed by atoms with E-state index in [4.69, 9.17) is 10.2 Å². The van der Waals surface area contributed by atoms with Crippen LogP contribution in [0.5, 0.6) is 0 Å². The number of amides is 1. The van der Waals surface area contributed by atoms with E-state index in [1.54, 1.807) is 59.4 Å². The molecule has 1 aliphatic rings. The summed E-state index contributed by atoms with van der Waals surface area (Å²) in [5.74, 6) is -0.542. The second kappa shape index (κ2) is 9.77. The predicted molar refractivity (Wildman–Crippen MR) is 134 cm³/mol. The molecule has 0 spiro atoms. The van der Waals surface area contributed by atoms with Crippen molar-refractivity contribution < 1.29 is 19.2 Å². The molecule has 4 aromatic rings. The van der Waals surface area contributed by atoms with Crippen LogP contribution in [0.25, 0.3) is 20.5 Å². The molecule has 1 atom stereocenters. The number of rotatable bonds is 8. The van der Waals surface area contributed by atoms with Crippen molar-refractivity contribution in [2.24, 2.45) is 0 Å². The lowest BCUT2D eigenvalue weighted by Crippen LogP contribution is -2.18. The van der Waals surface area contributed by atoms with Crippen molar-refractivity contribution in [3.05, 3.63) is 82.2 Å². The fourth-order valence-electron chi connectivity index (χ4n) is 3.89. The Bertz CT molecular complexity index is 1380. The Morgan fingerprint density at radius 1 is 1.09 bits per heavy atom. The van der Waals surface area contributed by atoms with Crippen LogP contribution in [0.15, 0.2) is 54.7 Å². The van der Waals surface area contributed by atoms with Gasteiger partial charge in [-0.3, -0.25) is 14.8 Å². The third-order valence-corrected chi connectivity index (χ3v) is 8.42. The van der Waals surface area contributed by atoms with Gasteiger partial charge in [0.05, 0.1) is 4.88 Å². The van der Waals surface area contributed by atoms with Crippen LogP contribution in [0.3, 0.4) is 0 Å². The van der Waals surface area contributed by atoms with E-state index in [1.165, 1.54) is 23.5 Å². The number of aromatic nitrogens is 2. The number of benzene rings is 2. The number of nitrogens with one attached hydrogen (secondary N) is 1. The van der Waals surface area contributed by atoms with E-state index in [2.05, 4.69) is 4.98 Å². The lowest BCUT2D eigenvalue weighted by molar-refractivity contribution is 0.0706. The lowest BCUT2D eigenvalue weighted by atomic mass is 9.93. The van der Waals surface area contributed by atoms with Gasteiger partial charge < -0.3 is 0 Å². The topological polar surface area (TPSA) is 92.2 Å². The number of hydrogen-bond donors (Lipinski definition) is 2. The molecule has 35 heavy (non-hydrogen) atoms. The number of carbonyl (C=O) groups excluding carboxylic acids is 2. The van der Waals surface area contributed by atoms with Gasteiger partial charge in [0.25, 0.3) is 5.91 Å². The lowest BCUT2D eigenvalue weighted by Gasteiger charge is -2.11. The average molecular weight is 508 g/mol. The molecule has 6 nitrogen and oxygen atoms in total. The molecule has 0 saturated heterocycles. The number of hydroxylamine groups is 1. The van der Waals surface area contributed by atoms with Crippen molar-refractivity contribution >= 4 is 34.4 Å². The smallest absolute Gasteiger partial charge is 0.274 e. The highest BCUT2D eigenvalue weighted by Gasteiger charge is 2.33. The molecule has 2 aromatic heterocycles. The minimum absolute atomic E-state index is 0.00519. The van der Waals surface area contributed by atoms with E-state index in [0.29, 0.717) is 23.6 Å². The minimum Gasteiger partial charge on any atom is -0.292 e. The van der Waals surface area contributed by atoms with Gasteiger partial charge in [0, 0.05) is 23.1 Å². The first-order valence-corrected chi connectivity index (χ1v) is 12.9. The zero-order valence-electron chi connectivity index (χ0n) is 18.8. The maximum Gasteiger partial charge on any atom is 0.274 e. The molecule has 0 unspecified atom stereocenters. The van der Waals surface area contributed by atoms with Crippen LogP contribution in [-0.4, -0.2) is 26.9 Å². The second-order valence-electron chi connectivity index (χ2n) is 8.63. The molecule has 0 aliphatic heterocycles. The fraction of sp³-hybridized carbons (Fsp3) is 0.231. The molecule has 0 bridgehead atoms. The van der Waals surface area contributed by atoms with Crippen molar-refractivity contribution in [3.8, 4) is 20.5 Å². The largest absolute Gasteiger partial charge is 0.292 e. The molecule has 2 aromatic carbocycles. The Hall–Kier alpha value is -3.27. The van der Waals surface area contributed by atoms with Gasteiger partial charge in [-0.25, -0.2) is 19.8 Å². The Labute approximate surface area is 209 Å². The number of carbonyl (C=O) groups is 2. The summed E-state index contributed by atoms with van der Waals surface area (Å²) < 4.78 is 13.3. The molecule has 178 valence electrons. The average Bonchev–Trinajstić information content (AvgIpc) is 3.42. The monoisotopic (exact) mass is 507 g/mol. The maximum absolute atomic E-state index is 13.3. The Kier molecular flexibility index (Phi) is 6.55. The van der Waals surface area contributed by atoms with Gasteiger partial charge in [0.2, 0.25) is 0 Å². The number of halogens is 1. The van der Waals surface area contributed by atoms with Crippen molar-refractivity contribution in [3.63, 3.8) is 0 Å². The van der Waals surface area contributed by atoms with Gasteiger partial charge in [0.15, 0.2) is 15.8 Å². The quantitative estimate of drug-likeness (QED) is 0.163. The summed E-state index contributed by atoms with van der Waals surface area (Å²) in [6.07, 6.45) is 4.18. The van der Waals surface area contributed by atoms with Crippen LogP contribution in [0.2, 0.25) is 0 Å². The van der Waals surface area contributed by atoms with Crippen LogP contribution in [0.4, 0.5) is 4.39 Å². The highest BCUT2D eigenvalue weighted by molar-refractivity contribution is 7.23. The van der Waals surface area contributed by atoms with E-state index in [1.807, 2.05) is 6.92 Å². The third-order valence-electron chi connectivity index (χ3n) is 6.02. The summed E-state index contributed by atoms with van der Waals surface area (Å²) in [7, 11) is 0. The molecule has 1 fully saturated rings. The van der Waals surface area contributed by atoms with E-state index in [9.17, 15) is 14.0 Å². The van der Waals surface area contributed by atoms with Crippen LogP contribution in [-0.2, 0) is 0 Å². The SMILES string of the molecule is C[C@H](CC(=O)c1nc(-c2ncc(-c3ccc(F)cc3)s2)sc1C1CC1)c1ccc(C(=O)NO)cc1. The zero-order valence-corrected chi connectivity index (χ0v) is 20.5. The molecule has 9 heteroatoms. The second-order valence-corrected chi connectivity index (χ2v) is 10.7. The molecule has 2 N–H and O–H groups in total. The van der Waals surface area contributed by atoms with Crippen molar-refractivity contribution in [2.75, 3.05) is 0 Å². The van der Waals surface area contributed by atoms with Gasteiger partial charge in [-0.05, 0) is 60.1 Å². The predicted octanol–water partition coefficient (Wildman–Crippen LogP) is 6.45. The Balaban J connectivity index is 1.36.